The van der Waals surface area contributed by atoms with E-state index in [0.29, 0.717) is 5.75 Å². The predicted molar refractivity (Wildman–Crippen MR) is 83.7 cm³/mol. The molecule has 0 radical (unpaired) electrons. The molecule has 0 atom stereocenters. The summed E-state index contributed by atoms with van der Waals surface area (Å²) in [6, 6.07) is 13.4. The zero-order valence-electron chi connectivity index (χ0n) is 12.1. The fraction of sp³-hybridized carbons (Fsp3) is 0.200. The fourth-order valence-electron chi connectivity index (χ4n) is 2.39. The van der Waals surface area contributed by atoms with E-state index in [1.165, 1.54) is 14.1 Å². The molecule has 0 fully saturated rings. The highest BCUT2D eigenvalue weighted by Crippen LogP contribution is 2.30. The van der Waals surface area contributed by atoms with Crippen molar-refractivity contribution < 1.29 is 12.6 Å². The average molecular weight is 304 g/mol. The summed E-state index contributed by atoms with van der Waals surface area (Å²) in [7, 11) is 1.08. The van der Waals surface area contributed by atoms with Gasteiger partial charge in [-0.3, -0.25) is 0 Å². The van der Waals surface area contributed by atoms with Crippen LogP contribution in [0.5, 0.6) is 5.75 Å². The number of hydrogen-bond donors (Lipinski definition) is 0. The molecule has 0 aliphatic rings. The van der Waals surface area contributed by atoms with Crippen LogP contribution in [0.1, 0.15) is 0 Å². The number of hydrogen-bond acceptors (Lipinski definition) is 3. The van der Waals surface area contributed by atoms with Gasteiger partial charge in [-0.1, -0.05) is 18.2 Å². The first-order chi connectivity index (χ1) is 9.90. The summed E-state index contributed by atoms with van der Waals surface area (Å²) >= 11 is 0. The molecular formula is C15H16N2O3S. The molecule has 6 heteroatoms. The summed E-state index contributed by atoms with van der Waals surface area (Å²) in [5.41, 5.74) is 2.03. The van der Waals surface area contributed by atoms with E-state index in [0.717, 1.165) is 26.1 Å². The monoisotopic (exact) mass is 304 g/mol. The second-order valence-electron chi connectivity index (χ2n) is 5.08. The summed E-state index contributed by atoms with van der Waals surface area (Å²) in [5, 5.41) is 2.21. The maximum Gasteiger partial charge on any atom is 0.384 e. The predicted octanol–water partition coefficient (Wildman–Crippen LogP) is 2.52. The minimum absolute atomic E-state index is 0.308. The second kappa shape index (κ2) is 4.75. The number of rotatable bonds is 3. The van der Waals surface area contributed by atoms with E-state index in [2.05, 4.69) is 6.07 Å². The molecule has 21 heavy (non-hydrogen) atoms. The van der Waals surface area contributed by atoms with Crippen LogP contribution in [0, 0.1) is 0 Å². The Morgan fingerprint density at radius 3 is 2.38 bits per heavy atom. The molecule has 0 N–H and O–H groups in total. The van der Waals surface area contributed by atoms with Gasteiger partial charge in [-0.2, -0.15) is 12.7 Å². The first-order valence-corrected chi connectivity index (χ1v) is 7.86. The molecule has 3 rings (SSSR count). The van der Waals surface area contributed by atoms with Crippen LogP contribution >= 0.6 is 0 Å². The number of nitrogens with zero attached hydrogens (tertiary/aromatic N) is 2. The molecule has 3 aromatic rings. The zero-order valence-corrected chi connectivity index (χ0v) is 12.9. The highest BCUT2D eigenvalue weighted by atomic mass is 32.2. The zero-order chi connectivity index (χ0) is 15.2. The Bertz CT molecular complexity index is 927. The number of aryl methyl sites for hydroxylation is 1. The molecule has 0 aliphatic heterocycles. The van der Waals surface area contributed by atoms with Crippen molar-refractivity contribution in [1.29, 1.82) is 0 Å². The Kier molecular flexibility index (Phi) is 3.15. The van der Waals surface area contributed by atoms with Gasteiger partial charge in [0.15, 0.2) is 0 Å². The molecule has 0 amide bonds. The standard InChI is InChI=1S/C15H16N2O3S/c1-16(2)21(18,19)20-11-8-9-13-12-6-4-5-7-14(12)17(3)15(13)10-11/h4-10H,1-3H3. The molecule has 110 valence electrons. The number of para-hydroxylation sites is 1. The number of aromatic nitrogens is 1. The van der Waals surface area contributed by atoms with Gasteiger partial charge in [0.05, 0.1) is 5.52 Å². The Morgan fingerprint density at radius 1 is 1.00 bits per heavy atom. The second-order valence-corrected chi connectivity index (χ2v) is 6.83. The number of fused-ring (bicyclic) bond motifs is 3. The minimum Gasteiger partial charge on any atom is -0.371 e. The van der Waals surface area contributed by atoms with E-state index in [1.807, 2.05) is 35.9 Å². The van der Waals surface area contributed by atoms with E-state index in [1.54, 1.807) is 12.1 Å². The molecule has 0 aliphatic carbocycles. The molecule has 1 heterocycles. The van der Waals surface area contributed by atoms with Crippen LogP contribution in [0.25, 0.3) is 21.8 Å². The van der Waals surface area contributed by atoms with Crippen LogP contribution in [0.2, 0.25) is 0 Å². The summed E-state index contributed by atoms with van der Waals surface area (Å²) in [5.74, 6) is 0.308. The van der Waals surface area contributed by atoms with Gasteiger partial charge < -0.3 is 8.75 Å². The van der Waals surface area contributed by atoms with Gasteiger partial charge in [-0.25, -0.2) is 0 Å². The molecule has 0 bridgehead atoms. The molecular weight excluding hydrogens is 288 g/mol. The van der Waals surface area contributed by atoms with Gasteiger partial charge >= 0.3 is 10.3 Å². The van der Waals surface area contributed by atoms with Gasteiger partial charge in [0, 0.05) is 43.5 Å². The Balaban J connectivity index is 2.17. The van der Waals surface area contributed by atoms with E-state index in [-0.39, 0.29) is 0 Å². The third kappa shape index (κ3) is 2.26. The lowest BCUT2D eigenvalue weighted by molar-refractivity contribution is 0.421. The lowest BCUT2D eigenvalue weighted by atomic mass is 10.1. The van der Waals surface area contributed by atoms with Gasteiger partial charge in [-0.05, 0) is 18.2 Å². The first-order valence-electron chi connectivity index (χ1n) is 6.49. The fourth-order valence-corrected chi connectivity index (χ4v) is 2.88. The Hall–Kier alpha value is -2.05. The SMILES string of the molecule is CN(C)S(=O)(=O)Oc1ccc2c3ccccc3n(C)c2c1. The smallest absolute Gasteiger partial charge is 0.371 e. The van der Waals surface area contributed by atoms with Gasteiger partial charge in [0.25, 0.3) is 0 Å². The normalized spacial score (nSPS) is 12.4. The highest BCUT2D eigenvalue weighted by Gasteiger charge is 2.17. The van der Waals surface area contributed by atoms with Crippen molar-refractivity contribution in [3.8, 4) is 5.75 Å². The summed E-state index contributed by atoms with van der Waals surface area (Å²) in [4.78, 5) is 0. The van der Waals surface area contributed by atoms with Crippen molar-refractivity contribution in [3.05, 3.63) is 42.5 Å². The van der Waals surface area contributed by atoms with E-state index in [4.69, 9.17) is 4.18 Å². The third-order valence-corrected chi connectivity index (χ3v) is 4.83. The van der Waals surface area contributed by atoms with Gasteiger partial charge in [0.2, 0.25) is 0 Å². The summed E-state index contributed by atoms with van der Waals surface area (Å²) < 4.78 is 31.8. The van der Waals surface area contributed by atoms with Crippen LogP contribution in [-0.2, 0) is 17.4 Å². The molecule has 0 saturated carbocycles. The molecule has 5 nitrogen and oxygen atoms in total. The minimum atomic E-state index is -3.74. The van der Waals surface area contributed by atoms with Crippen LogP contribution in [-0.4, -0.2) is 31.4 Å². The van der Waals surface area contributed by atoms with Crippen molar-refractivity contribution in [2.24, 2.45) is 7.05 Å². The quantitative estimate of drug-likeness (QED) is 0.747. The molecule has 2 aromatic carbocycles. The third-order valence-electron chi connectivity index (χ3n) is 3.53. The summed E-state index contributed by atoms with van der Waals surface area (Å²) in [6.07, 6.45) is 0. The summed E-state index contributed by atoms with van der Waals surface area (Å²) in [6.45, 7) is 0. The van der Waals surface area contributed by atoms with Gasteiger partial charge in [-0.15, -0.1) is 0 Å². The average Bonchev–Trinajstić information content (AvgIpc) is 2.72. The lowest BCUT2D eigenvalue weighted by Crippen LogP contribution is -2.27. The largest absolute Gasteiger partial charge is 0.384 e. The number of benzene rings is 2. The van der Waals surface area contributed by atoms with Crippen molar-refractivity contribution >= 4 is 32.1 Å². The maximum absolute atomic E-state index is 11.8. The molecule has 0 spiro atoms. The van der Waals surface area contributed by atoms with E-state index in [9.17, 15) is 8.42 Å². The topological polar surface area (TPSA) is 51.5 Å². The maximum atomic E-state index is 11.8. The van der Waals surface area contributed by atoms with Crippen molar-refractivity contribution in [2.75, 3.05) is 14.1 Å². The Morgan fingerprint density at radius 2 is 1.67 bits per heavy atom. The van der Waals surface area contributed by atoms with Gasteiger partial charge in [0.1, 0.15) is 5.75 Å². The lowest BCUT2D eigenvalue weighted by Gasteiger charge is -2.12. The van der Waals surface area contributed by atoms with Crippen molar-refractivity contribution in [3.63, 3.8) is 0 Å². The van der Waals surface area contributed by atoms with Crippen molar-refractivity contribution in [1.82, 2.24) is 8.87 Å². The highest BCUT2D eigenvalue weighted by molar-refractivity contribution is 7.84. The molecule has 0 unspecified atom stereocenters. The van der Waals surface area contributed by atoms with E-state index < -0.39 is 10.3 Å². The van der Waals surface area contributed by atoms with E-state index >= 15 is 0 Å². The van der Waals surface area contributed by atoms with Crippen molar-refractivity contribution in [2.45, 2.75) is 0 Å². The van der Waals surface area contributed by atoms with Crippen LogP contribution in [0.15, 0.2) is 42.5 Å². The van der Waals surface area contributed by atoms with Crippen LogP contribution < -0.4 is 4.18 Å². The first kappa shape index (κ1) is 13.9. The van der Waals surface area contributed by atoms with Crippen LogP contribution in [0.3, 0.4) is 0 Å². The molecule has 1 aromatic heterocycles. The Labute approximate surface area is 123 Å². The molecule has 0 saturated heterocycles. The van der Waals surface area contributed by atoms with Crippen LogP contribution in [0.4, 0.5) is 0 Å².